The molecule has 26 heavy (non-hydrogen) atoms. The summed E-state index contributed by atoms with van der Waals surface area (Å²) in [6, 6.07) is 18.0. The van der Waals surface area contributed by atoms with E-state index in [2.05, 4.69) is 26.4 Å². The molecule has 0 aliphatic heterocycles. The zero-order chi connectivity index (χ0) is 17.8. The van der Waals surface area contributed by atoms with Crippen LogP contribution in [0.5, 0.6) is 5.75 Å². The van der Waals surface area contributed by atoms with Crippen molar-refractivity contribution in [3.8, 4) is 11.4 Å². The van der Waals surface area contributed by atoms with Gasteiger partial charge in [0.15, 0.2) is 5.65 Å². The summed E-state index contributed by atoms with van der Waals surface area (Å²) in [5, 5.41) is 8.77. The van der Waals surface area contributed by atoms with Crippen LogP contribution in [0.2, 0.25) is 0 Å². The first-order chi connectivity index (χ1) is 12.9. The van der Waals surface area contributed by atoms with Crippen LogP contribution in [0.4, 0.5) is 5.82 Å². The fraction of sp³-hybridized carbons (Fsp3) is 0.150. The predicted octanol–water partition coefficient (Wildman–Crippen LogP) is 3.48. The Balaban J connectivity index is 1.55. The van der Waals surface area contributed by atoms with Crippen LogP contribution >= 0.6 is 0 Å². The SMILES string of the molecule is COc1ccccc1CCNc1ncnc2c1cnn2-c1ccccc1. The monoisotopic (exact) mass is 345 g/mol. The zero-order valence-electron chi connectivity index (χ0n) is 14.5. The van der Waals surface area contributed by atoms with Crippen molar-refractivity contribution in [2.45, 2.75) is 6.42 Å². The lowest BCUT2D eigenvalue weighted by Crippen LogP contribution is -2.08. The van der Waals surface area contributed by atoms with E-state index in [4.69, 9.17) is 4.74 Å². The first kappa shape index (κ1) is 16.1. The number of anilines is 1. The summed E-state index contributed by atoms with van der Waals surface area (Å²) in [6.07, 6.45) is 4.20. The van der Waals surface area contributed by atoms with Gasteiger partial charge in [-0.3, -0.25) is 0 Å². The molecule has 130 valence electrons. The molecule has 4 rings (SSSR count). The summed E-state index contributed by atoms with van der Waals surface area (Å²) in [4.78, 5) is 8.78. The molecule has 0 amide bonds. The lowest BCUT2D eigenvalue weighted by molar-refractivity contribution is 0.410. The van der Waals surface area contributed by atoms with E-state index in [0.717, 1.165) is 46.8 Å². The molecule has 0 radical (unpaired) electrons. The van der Waals surface area contributed by atoms with Gasteiger partial charge in [0.25, 0.3) is 0 Å². The highest BCUT2D eigenvalue weighted by atomic mass is 16.5. The third kappa shape index (κ3) is 3.09. The molecule has 6 heteroatoms. The van der Waals surface area contributed by atoms with E-state index >= 15 is 0 Å². The second-order valence-electron chi connectivity index (χ2n) is 5.84. The van der Waals surface area contributed by atoms with Crippen molar-refractivity contribution in [3.05, 3.63) is 72.7 Å². The number of hydrogen-bond donors (Lipinski definition) is 1. The molecule has 2 heterocycles. The molecule has 0 bridgehead atoms. The van der Waals surface area contributed by atoms with Gasteiger partial charge >= 0.3 is 0 Å². The fourth-order valence-corrected chi connectivity index (χ4v) is 2.97. The Kier molecular flexibility index (Phi) is 4.47. The molecule has 4 aromatic rings. The molecule has 0 unspecified atom stereocenters. The third-order valence-corrected chi connectivity index (χ3v) is 4.25. The predicted molar refractivity (Wildman–Crippen MR) is 102 cm³/mol. The van der Waals surface area contributed by atoms with E-state index in [9.17, 15) is 0 Å². The number of rotatable bonds is 6. The van der Waals surface area contributed by atoms with Crippen LogP contribution in [0.3, 0.4) is 0 Å². The van der Waals surface area contributed by atoms with Crippen LogP contribution in [-0.2, 0) is 6.42 Å². The highest BCUT2D eigenvalue weighted by Gasteiger charge is 2.11. The Morgan fingerprint density at radius 2 is 1.81 bits per heavy atom. The molecule has 0 atom stereocenters. The maximum absolute atomic E-state index is 5.40. The molecule has 0 saturated carbocycles. The first-order valence-electron chi connectivity index (χ1n) is 8.47. The van der Waals surface area contributed by atoms with Crippen LogP contribution in [0.1, 0.15) is 5.56 Å². The second-order valence-corrected chi connectivity index (χ2v) is 5.84. The molecule has 0 fully saturated rings. The number of nitrogens with one attached hydrogen (secondary N) is 1. The Labute approximate surface area is 151 Å². The number of aromatic nitrogens is 4. The van der Waals surface area contributed by atoms with Gasteiger partial charge in [0.2, 0.25) is 0 Å². The number of fused-ring (bicyclic) bond motifs is 1. The third-order valence-electron chi connectivity index (χ3n) is 4.25. The summed E-state index contributed by atoms with van der Waals surface area (Å²) in [5.74, 6) is 1.69. The van der Waals surface area contributed by atoms with Gasteiger partial charge in [-0.05, 0) is 30.2 Å². The van der Waals surface area contributed by atoms with E-state index in [1.54, 1.807) is 19.6 Å². The van der Waals surface area contributed by atoms with Gasteiger partial charge in [-0.2, -0.15) is 5.10 Å². The molecular formula is C20H19N5O. The molecule has 0 saturated heterocycles. The lowest BCUT2D eigenvalue weighted by Gasteiger charge is -2.10. The van der Waals surface area contributed by atoms with Crippen LogP contribution in [0.15, 0.2) is 67.1 Å². The molecule has 1 N–H and O–H groups in total. The van der Waals surface area contributed by atoms with Crippen molar-refractivity contribution < 1.29 is 4.74 Å². The molecule has 0 spiro atoms. The van der Waals surface area contributed by atoms with E-state index < -0.39 is 0 Å². The van der Waals surface area contributed by atoms with Gasteiger partial charge in [-0.15, -0.1) is 0 Å². The quantitative estimate of drug-likeness (QED) is 0.580. The minimum Gasteiger partial charge on any atom is -0.496 e. The van der Waals surface area contributed by atoms with E-state index in [-0.39, 0.29) is 0 Å². The minimum absolute atomic E-state index is 0.739. The van der Waals surface area contributed by atoms with Crippen molar-refractivity contribution >= 4 is 16.9 Å². The van der Waals surface area contributed by atoms with Gasteiger partial charge < -0.3 is 10.1 Å². The van der Waals surface area contributed by atoms with Gasteiger partial charge in [-0.25, -0.2) is 14.6 Å². The highest BCUT2D eigenvalue weighted by Crippen LogP contribution is 2.22. The number of para-hydroxylation sites is 2. The summed E-state index contributed by atoms with van der Waals surface area (Å²) in [5.41, 5.74) is 2.92. The van der Waals surface area contributed by atoms with Crippen LogP contribution in [0, 0.1) is 0 Å². The smallest absolute Gasteiger partial charge is 0.168 e. The molecular weight excluding hydrogens is 326 g/mol. The van der Waals surface area contributed by atoms with Crippen molar-refractivity contribution in [2.24, 2.45) is 0 Å². The Bertz CT molecular complexity index is 1010. The van der Waals surface area contributed by atoms with Gasteiger partial charge in [0.05, 0.1) is 24.4 Å². The van der Waals surface area contributed by atoms with Crippen LogP contribution in [-0.4, -0.2) is 33.4 Å². The maximum atomic E-state index is 5.40. The van der Waals surface area contributed by atoms with Crippen LogP contribution in [0.25, 0.3) is 16.7 Å². The van der Waals surface area contributed by atoms with Gasteiger partial charge in [-0.1, -0.05) is 36.4 Å². The molecule has 0 aliphatic carbocycles. The first-order valence-corrected chi connectivity index (χ1v) is 8.47. The lowest BCUT2D eigenvalue weighted by atomic mass is 10.1. The molecule has 2 aromatic carbocycles. The van der Waals surface area contributed by atoms with Crippen molar-refractivity contribution in [3.63, 3.8) is 0 Å². The van der Waals surface area contributed by atoms with E-state index in [0.29, 0.717) is 0 Å². The normalized spacial score (nSPS) is 10.8. The van der Waals surface area contributed by atoms with Gasteiger partial charge in [0, 0.05) is 6.54 Å². The molecule has 0 aliphatic rings. The maximum Gasteiger partial charge on any atom is 0.168 e. The topological polar surface area (TPSA) is 64.9 Å². The standard InChI is InChI=1S/C20H19N5O/c1-26-18-10-6-5-7-15(18)11-12-21-19-17-13-24-25(20(17)23-14-22-19)16-8-3-2-4-9-16/h2-10,13-14H,11-12H2,1H3,(H,21,22,23). The summed E-state index contributed by atoms with van der Waals surface area (Å²) in [6.45, 7) is 0.739. The zero-order valence-corrected chi connectivity index (χ0v) is 14.5. The summed E-state index contributed by atoms with van der Waals surface area (Å²) >= 11 is 0. The number of hydrogen-bond acceptors (Lipinski definition) is 5. The largest absolute Gasteiger partial charge is 0.496 e. The fourth-order valence-electron chi connectivity index (χ4n) is 2.97. The molecule has 6 nitrogen and oxygen atoms in total. The number of ether oxygens (including phenoxy) is 1. The van der Waals surface area contributed by atoms with E-state index in [1.165, 1.54) is 0 Å². The Hall–Kier alpha value is -3.41. The summed E-state index contributed by atoms with van der Waals surface area (Å²) in [7, 11) is 1.69. The number of benzene rings is 2. The highest BCUT2D eigenvalue weighted by molar-refractivity contribution is 5.87. The average Bonchev–Trinajstić information content (AvgIpc) is 3.14. The number of nitrogens with zero attached hydrogens (tertiary/aromatic N) is 4. The van der Waals surface area contributed by atoms with Gasteiger partial charge in [0.1, 0.15) is 17.9 Å². The second kappa shape index (κ2) is 7.23. The van der Waals surface area contributed by atoms with Crippen molar-refractivity contribution in [1.82, 2.24) is 19.7 Å². The van der Waals surface area contributed by atoms with E-state index in [1.807, 2.05) is 53.2 Å². The Morgan fingerprint density at radius 3 is 2.65 bits per heavy atom. The molecule has 2 aromatic heterocycles. The average molecular weight is 345 g/mol. The van der Waals surface area contributed by atoms with Crippen LogP contribution < -0.4 is 10.1 Å². The summed E-state index contributed by atoms with van der Waals surface area (Å²) < 4.78 is 7.23. The Morgan fingerprint density at radius 1 is 1.00 bits per heavy atom. The minimum atomic E-state index is 0.739. The van der Waals surface area contributed by atoms with Crippen molar-refractivity contribution in [1.29, 1.82) is 0 Å². The number of methoxy groups -OCH3 is 1. The van der Waals surface area contributed by atoms with Crippen molar-refractivity contribution in [2.75, 3.05) is 19.0 Å².